The molecule has 0 radical (unpaired) electrons. The van der Waals surface area contributed by atoms with Crippen LogP contribution in [0.4, 0.5) is 0 Å². The second-order valence-corrected chi connectivity index (χ2v) is 7.21. The Bertz CT molecular complexity index is 1040. The Kier molecular flexibility index (Phi) is 3.84. The molecule has 0 bridgehead atoms. The van der Waals surface area contributed by atoms with E-state index in [2.05, 4.69) is 4.99 Å². The smallest absolute Gasteiger partial charge is 0.279 e. The second-order valence-electron chi connectivity index (χ2n) is 6.20. The summed E-state index contributed by atoms with van der Waals surface area (Å²) in [6.45, 7) is 5.06. The van der Waals surface area contributed by atoms with Crippen molar-refractivity contribution in [2.24, 2.45) is 12.0 Å². The first-order chi connectivity index (χ1) is 12.0. The molecule has 0 unspecified atom stereocenters. The van der Waals surface area contributed by atoms with E-state index >= 15 is 0 Å². The Balaban J connectivity index is 1.81. The van der Waals surface area contributed by atoms with Crippen molar-refractivity contribution in [2.45, 2.75) is 13.8 Å². The topological polar surface area (TPSA) is 52.8 Å². The molecule has 4 rings (SSSR count). The van der Waals surface area contributed by atoms with Gasteiger partial charge in [-0.15, -0.1) is 0 Å². The lowest BCUT2D eigenvalue weighted by Crippen LogP contribution is -2.15. The van der Waals surface area contributed by atoms with Gasteiger partial charge in [-0.1, -0.05) is 28.5 Å². The van der Waals surface area contributed by atoms with Crippen LogP contribution in [-0.2, 0) is 7.05 Å². The highest BCUT2D eigenvalue weighted by molar-refractivity contribution is 7.16. The molecule has 6 heteroatoms. The summed E-state index contributed by atoms with van der Waals surface area (Å²) in [4.78, 5) is 17.6. The number of carbonyl (C=O) groups is 1. The summed E-state index contributed by atoms with van der Waals surface area (Å²) >= 11 is 1.47. The molecule has 1 aliphatic heterocycles. The summed E-state index contributed by atoms with van der Waals surface area (Å²) in [5, 5.41) is 0. The van der Waals surface area contributed by atoms with E-state index in [4.69, 9.17) is 9.47 Å². The van der Waals surface area contributed by atoms with E-state index in [0.29, 0.717) is 23.6 Å². The average molecular weight is 354 g/mol. The molecule has 5 nitrogen and oxygen atoms in total. The molecule has 0 atom stereocenters. The molecular formula is C19H18N2O3S. The van der Waals surface area contributed by atoms with Gasteiger partial charge in [0.2, 0.25) is 0 Å². The minimum Gasteiger partial charge on any atom is -0.486 e. The third-order valence-electron chi connectivity index (χ3n) is 4.14. The normalized spacial score (nSPS) is 14.1. The van der Waals surface area contributed by atoms with Crippen molar-refractivity contribution in [3.05, 3.63) is 51.8 Å². The van der Waals surface area contributed by atoms with Gasteiger partial charge in [0, 0.05) is 24.7 Å². The number of aromatic nitrogens is 1. The summed E-state index contributed by atoms with van der Waals surface area (Å²) in [6, 6.07) is 9.68. The van der Waals surface area contributed by atoms with Crippen molar-refractivity contribution in [3.8, 4) is 11.5 Å². The number of benzene rings is 2. The van der Waals surface area contributed by atoms with E-state index in [9.17, 15) is 4.79 Å². The zero-order valence-electron chi connectivity index (χ0n) is 14.3. The number of carbonyl (C=O) groups excluding carboxylic acids is 1. The lowest BCUT2D eigenvalue weighted by molar-refractivity contribution is 0.0998. The first-order valence-corrected chi connectivity index (χ1v) is 8.89. The predicted octanol–water partition coefficient (Wildman–Crippen LogP) is 3.37. The van der Waals surface area contributed by atoms with E-state index in [-0.39, 0.29) is 5.91 Å². The van der Waals surface area contributed by atoms with Crippen LogP contribution in [0.2, 0.25) is 0 Å². The van der Waals surface area contributed by atoms with Gasteiger partial charge in [0.25, 0.3) is 5.91 Å². The van der Waals surface area contributed by atoms with Gasteiger partial charge >= 0.3 is 0 Å². The molecule has 128 valence electrons. The zero-order valence-corrected chi connectivity index (χ0v) is 15.1. The van der Waals surface area contributed by atoms with Crippen LogP contribution >= 0.6 is 11.3 Å². The first kappa shape index (κ1) is 15.9. The lowest BCUT2D eigenvalue weighted by atomic mass is 10.1. The Hall–Kier alpha value is -2.60. The molecule has 1 aromatic heterocycles. The van der Waals surface area contributed by atoms with Crippen molar-refractivity contribution in [3.63, 3.8) is 0 Å². The number of fused-ring (bicyclic) bond motifs is 2. The van der Waals surface area contributed by atoms with E-state index in [0.717, 1.165) is 32.8 Å². The van der Waals surface area contributed by atoms with Gasteiger partial charge in [-0.05, 0) is 26.0 Å². The standard InChI is InChI=1S/C19H18N2O3S/c1-11-6-12(2)8-13(7-11)18(22)20-19-21(3)14-9-15-16(10-17(14)25-19)24-5-4-23-15/h6-10H,4-5H2,1-3H3. The minimum atomic E-state index is -0.230. The first-order valence-electron chi connectivity index (χ1n) is 8.08. The Morgan fingerprint density at radius 2 is 1.68 bits per heavy atom. The largest absolute Gasteiger partial charge is 0.486 e. The summed E-state index contributed by atoms with van der Waals surface area (Å²) in [6.07, 6.45) is 0. The third-order valence-corrected chi connectivity index (χ3v) is 5.23. The summed E-state index contributed by atoms with van der Waals surface area (Å²) in [5.41, 5.74) is 3.70. The van der Waals surface area contributed by atoms with Gasteiger partial charge in [0.15, 0.2) is 16.3 Å². The summed E-state index contributed by atoms with van der Waals surface area (Å²) in [7, 11) is 1.91. The van der Waals surface area contributed by atoms with E-state index < -0.39 is 0 Å². The molecule has 25 heavy (non-hydrogen) atoms. The number of ether oxygens (including phenoxy) is 2. The van der Waals surface area contributed by atoms with Gasteiger partial charge in [-0.2, -0.15) is 4.99 Å². The molecule has 0 spiro atoms. The van der Waals surface area contributed by atoms with Gasteiger partial charge in [-0.25, -0.2) is 0 Å². The van der Waals surface area contributed by atoms with Gasteiger partial charge in [0.1, 0.15) is 13.2 Å². The van der Waals surface area contributed by atoms with Crippen molar-refractivity contribution in [2.75, 3.05) is 13.2 Å². The highest BCUT2D eigenvalue weighted by atomic mass is 32.1. The molecule has 1 amide bonds. The number of nitrogens with zero attached hydrogens (tertiary/aromatic N) is 2. The van der Waals surface area contributed by atoms with Gasteiger partial charge in [0.05, 0.1) is 10.2 Å². The molecule has 3 aromatic rings. The van der Waals surface area contributed by atoms with Crippen molar-refractivity contribution < 1.29 is 14.3 Å². The number of hydrogen-bond acceptors (Lipinski definition) is 4. The molecule has 1 aliphatic rings. The highest BCUT2D eigenvalue weighted by Gasteiger charge is 2.16. The number of thiazole rings is 1. The van der Waals surface area contributed by atoms with Crippen molar-refractivity contribution in [1.29, 1.82) is 0 Å². The molecule has 2 heterocycles. The lowest BCUT2D eigenvalue weighted by Gasteiger charge is -2.18. The van der Waals surface area contributed by atoms with Crippen molar-refractivity contribution >= 4 is 27.5 Å². The third kappa shape index (κ3) is 2.93. The number of aryl methyl sites for hydroxylation is 3. The summed E-state index contributed by atoms with van der Waals surface area (Å²) < 4.78 is 14.2. The maximum atomic E-state index is 12.6. The average Bonchev–Trinajstić information content (AvgIpc) is 2.87. The van der Waals surface area contributed by atoms with Crippen molar-refractivity contribution in [1.82, 2.24) is 4.57 Å². The molecule has 0 saturated heterocycles. The van der Waals surface area contributed by atoms with Gasteiger partial charge < -0.3 is 14.0 Å². The fraction of sp³-hybridized carbons (Fsp3) is 0.263. The van der Waals surface area contributed by atoms with Crippen LogP contribution in [0.1, 0.15) is 21.5 Å². The van der Waals surface area contributed by atoms with Gasteiger partial charge in [-0.3, -0.25) is 4.79 Å². The van der Waals surface area contributed by atoms with Crippen LogP contribution in [0.5, 0.6) is 11.5 Å². The van der Waals surface area contributed by atoms with Crippen LogP contribution in [0, 0.1) is 13.8 Å². The Morgan fingerprint density at radius 3 is 2.36 bits per heavy atom. The van der Waals surface area contributed by atoms with E-state index in [1.54, 1.807) is 0 Å². The minimum absolute atomic E-state index is 0.230. The Labute approximate surface area is 149 Å². The van der Waals surface area contributed by atoms with Crippen LogP contribution in [0.15, 0.2) is 35.3 Å². The fourth-order valence-corrected chi connectivity index (χ4v) is 4.05. The maximum Gasteiger partial charge on any atom is 0.279 e. The zero-order chi connectivity index (χ0) is 17.6. The quantitative estimate of drug-likeness (QED) is 0.673. The monoisotopic (exact) mass is 354 g/mol. The SMILES string of the molecule is Cc1cc(C)cc(C(=O)N=c2sc3cc4c(cc3n2C)OCCO4)c1. The van der Waals surface area contributed by atoms with Crippen LogP contribution < -0.4 is 14.3 Å². The molecular weight excluding hydrogens is 336 g/mol. The number of amides is 1. The predicted molar refractivity (Wildman–Crippen MR) is 97.6 cm³/mol. The Morgan fingerprint density at radius 1 is 1.04 bits per heavy atom. The highest BCUT2D eigenvalue weighted by Crippen LogP contribution is 2.35. The number of hydrogen-bond donors (Lipinski definition) is 0. The molecule has 2 aromatic carbocycles. The van der Waals surface area contributed by atoms with E-state index in [1.165, 1.54) is 11.3 Å². The molecule has 0 fully saturated rings. The molecule has 0 N–H and O–H groups in total. The van der Waals surface area contributed by atoms with E-state index in [1.807, 2.05) is 55.8 Å². The number of rotatable bonds is 1. The fourth-order valence-electron chi connectivity index (χ4n) is 3.02. The summed E-state index contributed by atoms with van der Waals surface area (Å²) in [5.74, 6) is 1.25. The molecule has 0 aliphatic carbocycles. The second kappa shape index (κ2) is 6.04. The maximum absolute atomic E-state index is 12.6. The van der Waals surface area contributed by atoms with Crippen LogP contribution in [0.3, 0.4) is 0 Å². The van der Waals surface area contributed by atoms with Crippen LogP contribution in [-0.4, -0.2) is 23.7 Å². The molecule has 0 saturated carbocycles. The van der Waals surface area contributed by atoms with Crippen LogP contribution in [0.25, 0.3) is 10.2 Å².